The molecular weight excluding hydrogens is 409 g/mol. The number of ether oxygens (including phenoxy) is 1. The third kappa shape index (κ3) is 5.94. The van der Waals surface area contributed by atoms with Gasteiger partial charge in [-0.3, -0.25) is 4.79 Å². The smallest absolute Gasteiger partial charge is 0.246 e. The quantitative estimate of drug-likeness (QED) is 0.447. The number of rotatable bonds is 6. The highest BCUT2D eigenvalue weighted by Gasteiger charge is 2.09. The maximum atomic E-state index is 11.6. The zero-order chi connectivity index (χ0) is 17.5. The van der Waals surface area contributed by atoms with Crippen LogP contribution in [0.2, 0.25) is 5.02 Å². The molecule has 3 nitrogen and oxygen atoms in total. The van der Waals surface area contributed by atoms with Crippen LogP contribution < -0.4 is 9.82 Å². The first-order valence-corrected chi connectivity index (χ1v) is 10.5. The number of carbonyl (C=O) groups excluding carboxylic acids is 1. The standard InChI is InChI=1S/C18H18BrClNO2P/c1-3-4-18(22)21-24(2)12-13-5-10-16(20)17(11-13)23-15-8-6-14(19)7-9-15/h3-11H,12H2,1-2H3,(H,21,22)/b4-3-. The number of halogens is 2. The molecule has 0 aliphatic rings. The molecule has 0 bridgehead atoms. The van der Waals surface area contributed by atoms with E-state index in [1.54, 1.807) is 6.08 Å². The largest absolute Gasteiger partial charge is 0.456 e. The van der Waals surface area contributed by atoms with E-state index in [9.17, 15) is 4.79 Å². The van der Waals surface area contributed by atoms with Gasteiger partial charge < -0.3 is 9.82 Å². The zero-order valence-corrected chi connectivity index (χ0v) is 16.7. The third-order valence-corrected chi connectivity index (χ3v) is 5.36. The monoisotopic (exact) mass is 425 g/mol. The number of nitrogens with one attached hydrogen (secondary N) is 1. The molecule has 1 unspecified atom stereocenters. The van der Waals surface area contributed by atoms with Gasteiger partial charge in [0.25, 0.3) is 0 Å². The lowest BCUT2D eigenvalue weighted by molar-refractivity contribution is -0.114. The molecule has 0 saturated heterocycles. The molecule has 2 aromatic rings. The fourth-order valence-corrected chi connectivity index (χ4v) is 3.74. The van der Waals surface area contributed by atoms with Crippen LogP contribution in [0.3, 0.4) is 0 Å². The summed E-state index contributed by atoms with van der Waals surface area (Å²) >= 11 is 9.63. The minimum atomic E-state index is -0.649. The molecule has 6 heteroatoms. The van der Waals surface area contributed by atoms with E-state index in [1.165, 1.54) is 6.08 Å². The Morgan fingerprint density at radius 2 is 2.00 bits per heavy atom. The molecule has 0 heterocycles. The zero-order valence-electron chi connectivity index (χ0n) is 13.4. The summed E-state index contributed by atoms with van der Waals surface area (Å²) in [5.41, 5.74) is 1.07. The SMILES string of the molecule is C/C=C\C(=O)NP(C)Cc1ccc(Cl)c(Oc2ccc(Br)cc2)c1. The van der Waals surface area contributed by atoms with Crippen LogP contribution in [0, 0.1) is 0 Å². The maximum absolute atomic E-state index is 11.6. The van der Waals surface area contributed by atoms with E-state index in [-0.39, 0.29) is 5.91 Å². The van der Waals surface area contributed by atoms with Gasteiger partial charge in [-0.05, 0) is 69.7 Å². The Bertz CT molecular complexity index is 734. The van der Waals surface area contributed by atoms with Gasteiger partial charge in [-0.2, -0.15) is 0 Å². The summed E-state index contributed by atoms with van der Waals surface area (Å²) in [6.07, 6.45) is 4.01. The lowest BCUT2D eigenvalue weighted by atomic mass is 10.2. The fraction of sp³-hybridized carbons (Fsp3) is 0.167. The summed E-state index contributed by atoms with van der Waals surface area (Å²) in [5.74, 6) is 1.27. The summed E-state index contributed by atoms with van der Waals surface area (Å²) in [5, 5.41) is 3.53. The van der Waals surface area contributed by atoms with Gasteiger partial charge in [0.05, 0.1) is 5.02 Å². The van der Waals surface area contributed by atoms with Gasteiger partial charge in [0.2, 0.25) is 5.91 Å². The van der Waals surface area contributed by atoms with E-state index in [4.69, 9.17) is 16.3 Å². The van der Waals surface area contributed by atoms with Crippen molar-refractivity contribution in [2.75, 3.05) is 6.66 Å². The summed E-state index contributed by atoms with van der Waals surface area (Å²) in [4.78, 5) is 11.6. The predicted octanol–water partition coefficient (Wildman–Crippen LogP) is 6.11. The normalized spacial score (nSPS) is 12.2. The summed E-state index contributed by atoms with van der Waals surface area (Å²) in [7, 11) is -0.649. The Hall–Kier alpha value is -1.35. The van der Waals surface area contributed by atoms with E-state index < -0.39 is 8.07 Å². The molecule has 1 N–H and O–H groups in total. The highest BCUT2D eigenvalue weighted by Crippen LogP contribution is 2.35. The van der Waals surface area contributed by atoms with Crippen LogP contribution in [0.15, 0.2) is 59.1 Å². The van der Waals surface area contributed by atoms with E-state index in [0.29, 0.717) is 10.8 Å². The van der Waals surface area contributed by atoms with Crippen LogP contribution in [-0.4, -0.2) is 12.6 Å². The summed E-state index contributed by atoms with van der Waals surface area (Å²) < 4.78 is 6.85. The Labute approximate surface area is 157 Å². The van der Waals surface area contributed by atoms with Gasteiger partial charge in [0.1, 0.15) is 11.5 Å². The molecule has 0 radical (unpaired) electrons. The average Bonchev–Trinajstić information content (AvgIpc) is 2.53. The minimum absolute atomic E-state index is 0.0635. The van der Waals surface area contributed by atoms with Gasteiger partial charge in [-0.25, -0.2) is 0 Å². The van der Waals surface area contributed by atoms with Gasteiger partial charge in [0.15, 0.2) is 0 Å². The molecular formula is C18H18BrClNO2P. The summed E-state index contributed by atoms with van der Waals surface area (Å²) in [6.45, 7) is 3.85. The van der Waals surface area contributed by atoms with Gasteiger partial charge in [0, 0.05) is 10.6 Å². The first kappa shape index (κ1) is 19.0. The van der Waals surface area contributed by atoms with Crippen LogP contribution in [-0.2, 0) is 11.0 Å². The van der Waals surface area contributed by atoms with Crippen molar-refractivity contribution in [3.8, 4) is 11.5 Å². The van der Waals surface area contributed by atoms with Crippen LogP contribution >= 0.6 is 35.6 Å². The summed E-state index contributed by atoms with van der Waals surface area (Å²) in [6, 6.07) is 13.3. The molecule has 0 aliphatic carbocycles. The Kier molecular flexibility index (Phi) is 7.29. The first-order valence-electron chi connectivity index (χ1n) is 7.34. The molecule has 24 heavy (non-hydrogen) atoms. The minimum Gasteiger partial charge on any atom is -0.456 e. The number of hydrogen-bond acceptors (Lipinski definition) is 2. The molecule has 1 amide bonds. The number of amides is 1. The Morgan fingerprint density at radius 3 is 2.67 bits per heavy atom. The molecule has 2 rings (SSSR count). The van der Waals surface area contributed by atoms with Crippen molar-refractivity contribution in [3.63, 3.8) is 0 Å². The Morgan fingerprint density at radius 1 is 1.29 bits per heavy atom. The van der Waals surface area contributed by atoms with Crippen LogP contribution in [0.5, 0.6) is 11.5 Å². The van der Waals surface area contributed by atoms with Gasteiger partial charge >= 0.3 is 0 Å². The number of allylic oxidation sites excluding steroid dienone is 1. The van der Waals surface area contributed by atoms with Crippen molar-refractivity contribution in [3.05, 3.63) is 69.7 Å². The molecule has 2 aromatic carbocycles. The third-order valence-electron chi connectivity index (χ3n) is 3.08. The second-order valence-corrected chi connectivity index (χ2v) is 8.41. The molecule has 0 fully saturated rings. The first-order chi connectivity index (χ1) is 11.5. The van der Waals surface area contributed by atoms with Crippen molar-refractivity contribution in [2.45, 2.75) is 13.1 Å². The van der Waals surface area contributed by atoms with Crippen LogP contribution in [0.4, 0.5) is 0 Å². The van der Waals surface area contributed by atoms with E-state index >= 15 is 0 Å². The number of benzene rings is 2. The van der Waals surface area contributed by atoms with Crippen molar-refractivity contribution in [1.29, 1.82) is 0 Å². The molecule has 0 aromatic heterocycles. The highest BCUT2D eigenvalue weighted by atomic mass is 79.9. The van der Waals surface area contributed by atoms with Crippen molar-refractivity contribution < 1.29 is 9.53 Å². The van der Waals surface area contributed by atoms with E-state index in [2.05, 4.69) is 21.0 Å². The maximum Gasteiger partial charge on any atom is 0.246 e. The lowest BCUT2D eigenvalue weighted by Crippen LogP contribution is -2.15. The molecule has 0 spiro atoms. The molecule has 126 valence electrons. The van der Waals surface area contributed by atoms with Crippen molar-refractivity contribution in [1.82, 2.24) is 5.09 Å². The second kappa shape index (κ2) is 9.22. The molecule has 1 atom stereocenters. The molecule has 0 aliphatic heterocycles. The van der Waals surface area contributed by atoms with Gasteiger partial charge in [-0.1, -0.05) is 39.7 Å². The molecule has 0 saturated carbocycles. The predicted molar refractivity (Wildman–Crippen MR) is 105 cm³/mol. The van der Waals surface area contributed by atoms with Crippen molar-refractivity contribution in [2.24, 2.45) is 0 Å². The second-order valence-electron chi connectivity index (χ2n) is 5.15. The number of hydrogen-bond donors (Lipinski definition) is 1. The highest BCUT2D eigenvalue weighted by molar-refractivity contribution is 9.10. The Balaban J connectivity index is 2.07. The van der Waals surface area contributed by atoms with Crippen LogP contribution in [0.25, 0.3) is 0 Å². The fourth-order valence-electron chi connectivity index (χ4n) is 2.04. The van der Waals surface area contributed by atoms with E-state index in [0.717, 1.165) is 21.9 Å². The topological polar surface area (TPSA) is 38.3 Å². The van der Waals surface area contributed by atoms with Crippen LogP contribution in [0.1, 0.15) is 12.5 Å². The number of carbonyl (C=O) groups is 1. The van der Waals surface area contributed by atoms with Gasteiger partial charge in [-0.15, -0.1) is 0 Å². The van der Waals surface area contributed by atoms with Crippen molar-refractivity contribution >= 4 is 41.5 Å². The lowest BCUT2D eigenvalue weighted by Gasteiger charge is -2.14. The van der Waals surface area contributed by atoms with E-state index in [1.807, 2.05) is 56.1 Å². The average molecular weight is 427 g/mol.